The van der Waals surface area contributed by atoms with Crippen molar-refractivity contribution in [2.45, 2.75) is 62.4 Å². The van der Waals surface area contributed by atoms with E-state index in [2.05, 4.69) is 25.8 Å². The largest absolute Gasteiger partial charge is 0.392 e. The molecule has 0 unspecified atom stereocenters. The minimum Gasteiger partial charge on any atom is -0.392 e. The van der Waals surface area contributed by atoms with Crippen LogP contribution >= 0.6 is 0 Å². The maximum atomic E-state index is 10.3. The first-order valence-electron chi connectivity index (χ1n) is 10.0. The highest BCUT2D eigenvalue weighted by molar-refractivity contribution is 5.16. The maximum absolute atomic E-state index is 10.3. The molecule has 3 aliphatic heterocycles. The van der Waals surface area contributed by atoms with Crippen molar-refractivity contribution < 1.29 is 5.11 Å². The van der Waals surface area contributed by atoms with E-state index in [0.717, 1.165) is 38.6 Å². The SMILES string of the molecule is O[C@@H]1C[C@H]2CN(Cc3cccnc3)CC3(CN(C4CCCC4)C3)N2C1. The molecule has 5 nitrogen and oxygen atoms in total. The normalized spacial score (nSPS) is 33.6. The fraction of sp³-hybridized carbons (Fsp3) is 0.750. The number of hydrogen-bond donors (Lipinski definition) is 1. The van der Waals surface area contributed by atoms with Gasteiger partial charge >= 0.3 is 0 Å². The smallest absolute Gasteiger partial charge is 0.0682 e. The molecule has 1 aromatic heterocycles. The van der Waals surface area contributed by atoms with Crippen LogP contribution in [0.5, 0.6) is 0 Å². The van der Waals surface area contributed by atoms with E-state index >= 15 is 0 Å². The van der Waals surface area contributed by atoms with E-state index in [9.17, 15) is 5.11 Å². The summed E-state index contributed by atoms with van der Waals surface area (Å²) in [4.78, 5) is 12.3. The highest BCUT2D eigenvalue weighted by atomic mass is 16.3. The Morgan fingerprint density at radius 1 is 1.12 bits per heavy atom. The van der Waals surface area contributed by atoms with Gasteiger partial charge in [-0.15, -0.1) is 0 Å². The maximum Gasteiger partial charge on any atom is 0.0682 e. The molecule has 4 aliphatic rings. The molecule has 1 N–H and O–H groups in total. The van der Waals surface area contributed by atoms with Crippen LogP contribution < -0.4 is 0 Å². The van der Waals surface area contributed by atoms with Crippen LogP contribution in [-0.4, -0.2) is 81.2 Å². The van der Waals surface area contributed by atoms with Gasteiger partial charge in [-0.05, 0) is 30.9 Å². The van der Waals surface area contributed by atoms with Gasteiger partial charge in [0.1, 0.15) is 0 Å². The number of likely N-dealkylation sites (tertiary alicyclic amines) is 1. The summed E-state index contributed by atoms with van der Waals surface area (Å²) in [6.07, 6.45) is 10.2. The van der Waals surface area contributed by atoms with Crippen LogP contribution in [0.4, 0.5) is 0 Å². The van der Waals surface area contributed by atoms with Gasteiger partial charge in [0.25, 0.3) is 0 Å². The molecule has 1 aliphatic carbocycles. The Bertz CT molecular complexity index is 597. The molecule has 1 aromatic rings. The van der Waals surface area contributed by atoms with Crippen molar-refractivity contribution in [3.8, 4) is 0 Å². The van der Waals surface area contributed by atoms with Gasteiger partial charge in [-0.2, -0.15) is 0 Å². The number of pyridine rings is 1. The molecule has 136 valence electrons. The summed E-state index contributed by atoms with van der Waals surface area (Å²) < 4.78 is 0. The average molecular weight is 342 g/mol. The predicted molar refractivity (Wildman–Crippen MR) is 97.2 cm³/mol. The zero-order valence-electron chi connectivity index (χ0n) is 15.1. The quantitative estimate of drug-likeness (QED) is 0.898. The minimum absolute atomic E-state index is 0.138. The molecule has 5 heteroatoms. The summed E-state index contributed by atoms with van der Waals surface area (Å²) in [5, 5.41) is 10.3. The van der Waals surface area contributed by atoms with Crippen LogP contribution in [0.25, 0.3) is 0 Å². The lowest BCUT2D eigenvalue weighted by Gasteiger charge is -2.62. The second kappa shape index (κ2) is 6.31. The number of aliphatic hydroxyl groups excluding tert-OH is 1. The molecule has 4 heterocycles. The van der Waals surface area contributed by atoms with E-state index < -0.39 is 0 Å². The molecule has 1 saturated carbocycles. The molecule has 0 amide bonds. The molecule has 4 fully saturated rings. The number of aliphatic hydroxyl groups is 1. The zero-order valence-corrected chi connectivity index (χ0v) is 15.1. The van der Waals surface area contributed by atoms with Crippen LogP contribution in [-0.2, 0) is 6.54 Å². The van der Waals surface area contributed by atoms with E-state index in [1.165, 1.54) is 44.3 Å². The molecule has 5 rings (SSSR count). The van der Waals surface area contributed by atoms with E-state index in [4.69, 9.17) is 0 Å². The Labute approximate surface area is 150 Å². The summed E-state index contributed by atoms with van der Waals surface area (Å²) in [7, 11) is 0. The highest BCUT2D eigenvalue weighted by Gasteiger charge is 2.56. The second-order valence-electron chi connectivity index (χ2n) is 8.79. The Morgan fingerprint density at radius 3 is 2.72 bits per heavy atom. The van der Waals surface area contributed by atoms with Gasteiger partial charge in [0.2, 0.25) is 0 Å². The van der Waals surface area contributed by atoms with Gasteiger partial charge in [-0.3, -0.25) is 19.7 Å². The van der Waals surface area contributed by atoms with Gasteiger partial charge in [-0.1, -0.05) is 18.9 Å². The van der Waals surface area contributed by atoms with Crippen LogP contribution in [0.15, 0.2) is 24.5 Å². The number of β-amino-alcohol motifs (C(OH)–C–C–N with tert-alkyl or cyclic N) is 1. The van der Waals surface area contributed by atoms with Crippen LogP contribution in [0.2, 0.25) is 0 Å². The third-order valence-electron chi connectivity index (χ3n) is 6.95. The molecule has 0 bridgehead atoms. The number of aromatic nitrogens is 1. The topological polar surface area (TPSA) is 42.8 Å². The summed E-state index contributed by atoms with van der Waals surface area (Å²) in [5.74, 6) is 0. The number of hydrogen-bond acceptors (Lipinski definition) is 5. The lowest BCUT2D eigenvalue weighted by atomic mass is 9.82. The zero-order chi connectivity index (χ0) is 16.9. The second-order valence-corrected chi connectivity index (χ2v) is 8.79. The van der Waals surface area contributed by atoms with E-state index in [1.807, 2.05) is 18.5 Å². The number of fused-ring (bicyclic) bond motifs is 2. The van der Waals surface area contributed by atoms with Gasteiger partial charge in [-0.25, -0.2) is 0 Å². The van der Waals surface area contributed by atoms with E-state index in [-0.39, 0.29) is 11.6 Å². The summed E-state index contributed by atoms with van der Waals surface area (Å²) in [6.45, 7) is 6.48. The van der Waals surface area contributed by atoms with Crippen LogP contribution in [0.1, 0.15) is 37.7 Å². The first-order chi connectivity index (χ1) is 12.2. The Balaban J connectivity index is 1.32. The van der Waals surface area contributed by atoms with Gasteiger partial charge < -0.3 is 5.11 Å². The van der Waals surface area contributed by atoms with E-state index in [0.29, 0.717) is 6.04 Å². The molecule has 3 saturated heterocycles. The molecule has 0 radical (unpaired) electrons. The standard InChI is InChI=1S/C20H30N4O/c25-19-8-18-11-22(10-16-4-3-7-21-9-16)13-20(24(18)12-19)14-23(15-20)17-5-1-2-6-17/h3-4,7,9,17-19,25H,1-2,5-6,8,10-15H2/t18-,19+/m0/s1. The van der Waals surface area contributed by atoms with Crippen molar-refractivity contribution in [1.29, 1.82) is 0 Å². The van der Waals surface area contributed by atoms with Crippen LogP contribution in [0.3, 0.4) is 0 Å². The average Bonchev–Trinajstić information content (AvgIpc) is 3.21. The monoisotopic (exact) mass is 342 g/mol. The Kier molecular flexibility index (Phi) is 4.08. The summed E-state index contributed by atoms with van der Waals surface area (Å²) >= 11 is 0. The number of rotatable bonds is 3. The molecule has 1 spiro atoms. The number of nitrogens with zero attached hydrogens (tertiary/aromatic N) is 4. The Morgan fingerprint density at radius 2 is 1.96 bits per heavy atom. The number of piperazine rings is 1. The van der Waals surface area contributed by atoms with Crippen molar-refractivity contribution >= 4 is 0 Å². The molecule has 0 aromatic carbocycles. The van der Waals surface area contributed by atoms with E-state index in [1.54, 1.807) is 0 Å². The fourth-order valence-electron chi connectivity index (χ4n) is 5.90. The van der Waals surface area contributed by atoms with Gasteiger partial charge in [0, 0.05) is 63.7 Å². The first-order valence-corrected chi connectivity index (χ1v) is 10.0. The lowest BCUT2D eigenvalue weighted by molar-refractivity contribution is -0.127. The third-order valence-corrected chi connectivity index (χ3v) is 6.95. The van der Waals surface area contributed by atoms with Crippen molar-refractivity contribution in [2.24, 2.45) is 0 Å². The lowest BCUT2D eigenvalue weighted by Crippen LogP contribution is -2.78. The highest BCUT2D eigenvalue weighted by Crippen LogP contribution is 2.41. The van der Waals surface area contributed by atoms with Crippen molar-refractivity contribution in [3.63, 3.8) is 0 Å². The molecule has 25 heavy (non-hydrogen) atoms. The predicted octanol–water partition coefficient (Wildman–Crippen LogP) is 1.33. The summed E-state index contributed by atoms with van der Waals surface area (Å²) in [5.41, 5.74) is 1.57. The third kappa shape index (κ3) is 2.91. The molecular formula is C20H30N4O. The van der Waals surface area contributed by atoms with Crippen molar-refractivity contribution in [2.75, 3.05) is 32.7 Å². The Hall–Kier alpha value is -1.01. The first kappa shape index (κ1) is 16.2. The summed E-state index contributed by atoms with van der Waals surface area (Å²) in [6, 6.07) is 5.56. The van der Waals surface area contributed by atoms with Crippen molar-refractivity contribution in [3.05, 3.63) is 30.1 Å². The molecule has 2 atom stereocenters. The van der Waals surface area contributed by atoms with Gasteiger partial charge in [0.05, 0.1) is 11.6 Å². The minimum atomic E-state index is -0.138. The molecular weight excluding hydrogens is 312 g/mol. The fourth-order valence-corrected chi connectivity index (χ4v) is 5.90. The van der Waals surface area contributed by atoms with Gasteiger partial charge in [0.15, 0.2) is 0 Å². The van der Waals surface area contributed by atoms with Crippen LogP contribution in [0, 0.1) is 0 Å². The van der Waals surface area contributed by atoms with Crippen molar-refractivity contribution in [1.82, 2.24) is 19.7 Å².